The van der Waals surface area contributed by atoms with Crippen LogP contribution in [0.5, 0.6) is 0 Å². The first-order valence-corrected chi connectivity index (χ1v) is 10.2. The van der Waals surface area contributed by atoms with Crippen LogP contribution in [0.2, 0.25) is 5.02 Å². The molecule has 1 fully saturated rings. The molecule has 0 spiro atoms. The fourth-order valence-corrected chi connectivity index (χ4v) is 4.41. The molecule has 3 N–H and O–H groups in total. The van der Waals surface area contributed by atoms with Crippen molar-refractivity contribution in [2.75, 3.05) is 13.1 Å². The van der Waals surface area contributed by atoms with E-state index in [0.717, 1.165) is 31.2 Å². The van der Waals surface area contributed by atoms with Crippen LogP contribution in [-0.4, -0.2) is 46.0 Å². The van der Waals surface area contributed by atoms with Crippen LogP contribution in [0.4, 0.5) is 0 Å². The van der Waals surface area contributed by atoms with Gasteiger partial charge in [-0.3, -0.25) is 14.6 Å². The summed E-state index contributed by atoms with van der Waals surface area (Å²) < 4.78 is 0. The van der Waals surface area contributed by atoms with Crippen molar-refractivity contribution < 1.29 is 14.7 Å². The van der Waals surface area contributed by atoms with E-state index in [1.165, 1.54) is 6.20 Å². The van der Waals surface area contributed by atoms with Crippen LogP contribution >= 0.6 is 24.0 Å². The van der Waals surface area contributed by atoms with E-state index in [-0.39, 0.29) is 42.7 Å². The molecule has 0 bridgehead atoms. The van der Waals surface area contributed by atoms with Crippen LogP contribution in [0.15, 0.2) is 48.8 Å². The fourth-order valence-electron chi connectivity index (χ4n) is 4.22. The number of hydrogen-bond donors (Lipinski definition) is 2. The average Bonchev–Trinajstić information content (AvgIpc) is 2.74. The summed E-state index contributed by atoms with van der Waals surface area (Å²) >= 11 is 6.19. The van der Waals surface area contributed by atoms with Crippen LogP contribution in [0, 0.1) is 0 Å². The Hall–Kier alpha value is -2.15. The van der Waals surface area contributed by atoms with Gasteiger partial charge in [-0.2, -0.15) is 0 Å². The maximum atomic E-state index is 13.1. The number of nitrogens with zero attached hydrogens (tertiary/aromatic N) is 2. The van der Waals surface area contributed by atoms with E-state index in [0.29, 0.717) is 17.1 Å². The molecule has 1 amide bonds. The number of carbonyl (C=O) groups excluding carboxylic acids is 1. The zero-order valence-corrected chi connectivity index (χ0v) is 18.2. The quantitative estimate of drug-likeness (QED) is 0.664. The number of aliphatic carboxylic acids is 1. The van der Waals surface area contributed by atoms with Crippen LogP contribution in [0.25, 0.3) is 0 Å². The topological polar surface area (TPSA) is 96.5 Å². The molecule has 6 nitrogen and oxygen atoms in total. The number of hydrogen-bond acceptors (Lipinski definition) is 4. The second kappa shape index (κ2) is 10.8. The third kappa shape index (κ3) is 5.50. The standard InChI is InChI=1S/C22H26ClN3O3.ClH/c23-18-5-1-4-17(13-18)22(15-24)9-6-19(7-10-22)26(12-8-20(27)28)21(29)16-3-2-11-25-14-16;/h1-5,11,13-14,19H,6-10,12,15,24H2,(H,27,28);1H/t19-,22-;. The number of benzene rings is 1. The third-order valence-electron chi connectivity index (χ3n) is 5.92. The number of nitrogens with two attached hydrogens (primary N) is 1. The first-order valence-electron chi connectivity index (χ1n) is 9.84. The van der Waals surface area contributed by atoms with Gasteiger partial charge in [0.15, 0.2) is 0 Å². The monoisotopic (exact) mass is 451 g/mol. The van der Waals surface area contributed by atoms with Gasteiger partial charge in [0.1, 0.15) is 0 Å². The molecule has 0 aliphatic heterocycles. The SMILES string of the molecule is Cl.NC[C@]1(c2cccc(Cl)c2)CC[C@H](N(CCC(=O)O)C(=O)c2cccnc2)CC1. The van der Waals surface area contributed by atoms with Gasteiger partial charge in [-0.1, -0.05) is 23.7 Å². The predicted molar refractivity (Wildman–Crippen MR) is 119 cm³/mol. The summed E-state index contributed by atoms with van der Waals surface area (Å²) in [7, 11) is 0. The molecule has 0 radical (unpaired) electrons. The Morgan fingerprint density at radius 2 is 1.97 bits per heavy atom. The molecule has 3 rings (SSSR count). The van der Waals surface area contributed by atoms with Crippen LogP contribution in [-0.2, 0) is 10.2 Å². The molecule has 8 heteroatoms. The maximum Gasteiger partial charge on any atom is 0.305 e. The number of amides is 1. The molecular weight excluding hydrogens is 425 g/mol. The normalized spacial score (nSPS) is 20.8. The number of carbonyl (C=O) groups is 2. The maximum absolute atomic E-state index is 13.1. The van der Waals surface area contributed by atoms with Gasteiger partial charge in [-0.15, -0.1) is 12.4 Å². The van der Waals surface area contributed by atoms with E-state index in [9.17, 15) is 9.59 Å². The second-order valence-corrected chi connectivity index (χ2v) is 8.05. The Labute approximate surface area is 187 Å². The minimum Gasteiger partial charge on any atom is -0.481 e. The van der Waals surface area contributed by atoms with Gasteiger partial charge in [-0.25, -0.2) is 0 Å². The van der Waals surface area contributed by atoms with Crippen LogP contribution in [0.3, 0.4) is 0 Å². The van der Waals surface area contributed by atoms with E-state index in [1.54, 1.807) is 23.2 Å². The summed E-state index contributed by atoms with van der Waals surface area (Å²) in [4.78, 5) is 29.9. The van der Waals surface area contributed by atoms with Crippen molar-refractivity contribution in [1.29, 1.82) is 0 Å². The average molecular weight is 452 g/mol. The number of aromatic nitrogens is 1. The molecular formula is C22H27Cl2N3O3. The number of pyridine rings is 1. The molecule has 0 atom stereocenters. The minimum atomic E-state index is -0.917. The highest BCUT2D eigenvalue weighted by molar-refractivity contribution is 6.30. The summed E-state index contributed by atoms with van der Waals surface area (Å²) in [5.41, 5.74) is 7.61. The van der Waals surface area contributed by atoms with Crippen molar-refractivity contribution in [3.05, 3.63) is 64.9 Å². The molecule has 1 saturated carbocycles. The van der Waals surface area contributed by atoms with Crippen LogP contribution < -0.4 is 5.73 Å². The van der Waals surface area contributed by atoms with Gasteiger partial charge in [0.25, 0.3) is 5.91 Å². The van der Waals surface area contributed by atoms with Gasteiger partial charge in [-0.05, 0) is 55.5 Å². The second-order valence-electron chi connectivity index (χ2n) is 7.61. The van der Waals surface area contributed by atoms with E-state index in [2.05, 4.69) is 11.1 Å². The van der Waals surface area contributed by atoms with Gasteiger partial charge in [0, 0.05) is 42.0 Å². The highest BCUT2D eigenvalue weighted by Gasteiger charge is 2.38. The molecule has 1 aliphatic carbocycles. The number of carboxylic acid groups (broad SMARTS) is 1. The first-order chi connectivity index (χ1) is 13.9. The lowest BCUT2D eigenvalue weighted by atomic mass is 9.68. The Kier molecular flexibility index (Phi) is 8.65. The lowest BCUT2D eigenvalue weighted by Gasteiger charge is -2.43. The Morgan fingerprint density at radius 1 is 1.23 bits per heavy atom. The summed E-state index contributed by atoms with van der Waals surface area (Å²) in [5.74, 6) is -1.09. The number of carboxylic acids is 1. The van der Waals surface area contributed by atoms with E-state index >= 15 is 0 Å². The molecule has 2 aromatic rings. The van der Waals surface area contributed by atoms with Crippen LogP contribution in [0.1, 0.15) is 48.0 Å². The van der Waals surface area contributed by atoms with Crippen molar-refractivity contribution in [3.8, 4) is 0 Å². The van der Waals surface area contributed by atoms with Crippen molar-refractivity contribution in [2.24, 2.45) is 5.73 Å². The summed E-state index contributed by atoms with van der Waals surface area (Å²) in [6.45, 7) is 0.687. The molecule has 30 heavy (non-hydrogen) atoms. The van der Waals surface area contributed by atoms with Crippen molar-refractivity contribution in [2.45, 2.75) is 43.6 Å². The molecule has 1 aromatic heterocycles. The molecule has 1 aliphatic rings. The summed E-state index contributed by atoms with van der Waals surface area (Å²) in [6.07, 6.45) is 6.20. The van der Waals surface area contributed by atoms with Crippen molar-refractivity contribution in [3.63, 3.8) is 0 Å². The van der Waals surface area contributed by atoms with Crippen molar-refractivity contribution >= 4 is 35.9 Å². The highest BCUT2D eigenvalue weighted by atomic mass is 35.5. The van der Waals surface area contributed by atoms with Gasteiger partial charge in [0.05, 0.1) is 12.0 Å². The van der Waals surface area contributed by atoms with Gasteiger partial charge >= 0.3 is 5.97 Å². The summed E-state index contributed by atoms with van der Waals surface area (Å²) in [5, 5.41) is 9.82. The zero-order chi connectivity index (χ0) is 20.9. The third-order valence-corrected chi connectivity index (χ3v) is 6.15. The smallest absolute Gasteiger partial charge is 0.305 e. The van der Waals surface area contributed by atoms with Gasteiger partial charge < -0.3 is 15.7 Å². The van der Waals surface area contributed by atoms with E-state index in [1.807, 2.05) is 18.2 Å². The van der Waals surface area contributed by atoms with Gasteiger partial charge in [0.2, 0.25) is 0 Å². The molecule has 1 heterocycles. The Balaban J connectivity index is 0.00000320. The molecule has 0 unspecified atom stereocenters. The minimum absolute atomic E-state index is 0. The lowest BCUT2D eigenvalue weighted by Crippen LogP contribution is -2.48. The van der Waals surface area contributed by atoms with Crippen molar-refractivity contribution in [1.82, 2.24) is 9.88 Å². The Bertz CT molecular complexity index is 856. The number of halogens is 2. The van der Waals surface area contributed by atoms with E-state index in [4.69, 9.17) is 22.4 Å². The fraction of sp³-hybridized carbons (Fsp3) is 0.409. The zero-order valence-electron chi connectivity index (χ0n) is 16.7. The molecule has 162 valence electrons. The molecule has 1 aromatic carbocycles. The first kappa shape index (κ1) is 24.1. The Morgan fingerprint density at radius 3 is 2.53 bits per heavy atom. The lowest BCUT2D eigenvalue weighted by molar-refractivity contribution is -0.137. The number of rotatable bonds is 7. The predicted octanol–water partition coefficient (Wildman–Crippen LogP) is 3.91. The van der Waals surface area contributed by atoms with E-state index < -0.39 is 5.97 Å². The largest absolute Gasteiger partial charge is 0.481 e. The molecule has 0 saturated heterocycles. The highest BCUT2D eigenvalue weighted by Crippen LogP contribution is 2.41. The summed E-state index contributed by atoms with van der Waals surface area (Å²) in [6, 6.07) is 11.2.